The molecular formula is C9H12N4O3. The second-order valence-corrected chi connectivity index (χ2v) is 3.02. The molecule has 16 heavy (non-hydrogen) atoms. The molecule has 86 valence electrons. The van der Waals surface area contributed by atoms with Crippen molar-refractivity contribution in [3.8, 4) is 0 Å². The van der Waals surface area contributed by atoms with E-state index in [1.165, 1.54) is 6.20 Å². The maximum atomic E-state index is 10.2. The van der Waals surface area contributed by atoms with Crippen molar-refractivity contribution < 1.29 is 15.1 Å². The summed E-state index contributed by atoms with van der Waals surface area (Å²) in [6.07, 6.45) is 0.968. The average Bonchev–Trinajstić information content (AvgIpc) is 2.28. The highest BCUT2D eigenvalue weighted by atomic mass is 16.4. The van der Waals surface area contributed by atoms with E-state index in [1.807, 2.05) is 0 Å². The number of rotatable bonds is 4. The van der Waals surface area contributed by atoms with Crippen molar-refractivity contribution in [3.05, 3.63) is 29.6 Å². The molecule has 0 fully saturated rings. The van der Waals surface area contributed by atoms with Crippen LogP contribution in [0.3, 0.4) is 0 Å². The van der Waals surface area contributed by atoms with Gasteiger partial charge in [-0.25, -0.2) is 4.79 Å². The van der Waals surface area contributed by atoms with E-state index in [9.17, 15) is 4.79 Å². The van der Waals surface area contributed by atoms with Crippen LogP contribution < -0.4 is 11.1 Å². The normalized spacial score (nSPS) is 11.1. The summed E-state index contributed by atoms with van der Waals surface area (Å²) in [5, 5.41) is 21.9. The van der Waals surface area contributed by atoms with E-state index >= 15 is 0 Å². The number of nitrogens with zero attached hydrogens (tertiary/aromatic N) is 2. The summed E-state index contributed by atoms with van der Waals surface area (Å²) in [6.45, 7) is 0.301. The molecule has 0 aromatic carbocycles. The first-order chi connectivity index (χ1) is 7.63. The van der Waals surface area contributed by atoms with Gasteiger partial charge in [-0.3, -0.25) is 4.98 Å². The zero-order valence-corrected chi connectivity index (χ0v) is 8.42. The largest absolute Gasteiger partial charge is 0.465 e. The SMILES string of the molecule is N/C(=N/O)c1cc(CCNC(=O)O)ccn1. The summed E-state index contributed by atoms with van der Waals surface area (Å²) < 4.78 is 0. The number of hydrogen-bond donors (Lipinski definition) is 4. The van der Waals surface area contributed by atoms with Crippen molar-refractivity contribution >= 4 is 11.9 Å². The summed E-state index contributed by atoms with van der Waals surface area (Å²) in [4.78, 5) is 14.1. The molecule has 0 atom stereocenters. The van der Waals surface area contributed by atoms with Gasteiger partial charge in [0.25, 0.3) is 0 Å². The van der Waals surface area contributed by atoms with Gasteiger partial charge in [0.2, 0.25) is 0 Å². The van der Waals surface area contributed by atoms with Crippen LogP contribution in [0.25, 0.3) is 0 Å². The van der Waals surface area contributed by atoms with E-state index in [0.29, 0.717) is 18.7 Å². The lowest BCUT2D eigenvalue weighted by atomic mass is 10.1. The molecule has 7 nitrogen and oxygen atoms in total. The van der Waals surface area contributed by atoms with Gasteiger partial charge in [0.05, 0.1) is 0 Å². The molecule has 0 saturated heterocycles. The molecule has 0 unspecified atom stereocenters. The first-order valence-corrected chi connectivity index (χ1v) is 4.53. The molecular weight excluding hydrogens is 212 g/mol. The van der Waals surface area contributed by atoms with Crippen molar-refractivity contribution in [2.45, 2.75) is 6.42 Å². The van der Waals surface area contributed by atoms with Gasteiger partial charge in [0, 0.05) is 12.7 Å². The van der Waals surface area contributed by atoms with Crippen molar-refractivity contribution in [2.24, 2.45) is 10.9 Å². The fraction of sp³-hybridized carbons (Fsp3) is 0.222. The predicted octanol–water partition coefficient (Wildman–Crippen LogP) is -0.0138. The van der Waals surface area contributed by atoms with Gasteiger partial charge in [0.1, 0.15) is 5.69 Å². The molecule has 0 radical (unpaired) electrons. The standard InChI is InChI=1S/C9H12N4O3/c10-8(13-16)7-5-6(1-3-11-7)2-4-12-9(14)15/h1,3,5,12,16H,2,4H2,(H2,10,13)(H,14,15). The highest BCUT2D eigenvalue weighted by molar-refractivity contribution is 5.95. The summed E-state index contributed by atoms with van der Waals surface area (Å²) in [5.41, 5.74) is 6.58. The fourth-order valence-corrected chi connectivity index (χ4v) is 1.13. The topological polar surface area (TPSA) is 121 Å². The quantitative estimate of drug-likeness (QED) is 0.248. The van der Waals surface area contributed by atoms with Crippen LogP contribution in [0.4, 0.5) is 4.79 Å². The molecule has 5 N–H and O–H groups in total. The lowest BCUT2D eigenvalue weighted by Gasteiger charge is -2.03. The maximum Gasteiger partial charge on any atom is 0.404 e. The monoisotopic (exact) mass is 224 g/mol. The van der Waals surface area contributed by atoms with Crippen LogP contribution in [0, 0.1) is 0 Å². The smallest absolute Gasteiger partial charge is 0.404 e. The van der Waals surface area contributed by atoms with E-state index in [0.717, 1.165) is 5.56 Å². The van der Waals surface area contributed by atoms with Crippen LogP contribution in [-0.4, -0.2) is 33.8 Å². The van der Waals surface area contributed by atoms with Crippen LogP contribution in [-0.2, 0) is 6.42 Å². The lowest BCUT2D eigenvalue weighted by Crippen LogP contribution is -2.23. The Balaban J connectivity index is 2.64. The van der Waals surface area contributed by atoms with Crippen LogP contribution in [0.1, 0.15) is 11.3 Å². The lowest BCUT2D eigenvalue weighted by molar-refractivity contribution is 0.194. The van der Waals surface area contributed by atoms with E-state index in [2.05, 4.69) is 15.5 Å². The zero-order chi connectivity index (χ0) is 12.0. The van der Waals surface area contributed by atoms with Crippen LogP contribution >= 0.6 is 0 Å². The van der Waals surface area contributed by atoms with Gasteiger partial charge in [-0.15, -0.1) is 0 Å². The third-order valence-corrected chi connectivity index (χ3v) is 1.88. The number of aromatic nitrogens is 1. The average molecular weight is 224 g/mol. The predicted molar refractivity (Wildman–Crippen MR) is 56.5 cm³/mol. The molecule has 0 saturated carbocycles. The highest BCUT2D eigenvalue weighted by Crippen LogP contribution is 2.02. The van der Waals surface area contributed by atoms with Gasteiger partial charge in [-0.05, 0) is 24.1 Å². The van der Waals surface area contributed by atoms with Crippen LogP contribution in [0.15, 0.2) is 23.5 Å². The summed E-state index contributed by atoms with van der Waals surface area (Å²) in [7, 11) is 0. The molecule has 0 bridgehead atoms. The zero-order valence-electron chi connectivity index (χ0n) is 8.42. The van der Waals surface area contributed by atoms with Gasteiger partial charge in [0.15, 0.2) is 5.84 Å². The minimum atomic E-state index is -1.06. The maximum absolute atomic E-state index is 10.2. The van der Waals surface area contributed by atoms with Crippen molar-refractivity contribution in [1.82, 2.24) is 10.3 Å². The van der Waals surface area contributed by atoms with E-state index < -0.39 is 6.09 Å². The first kappa shape index (κ1) is 11.8. The van der Waals surface area contributed by atoms with Gasteiger partial charge in [-0.2, -0.15) is 0 Å². The number of amidine groups is 1. The number of carbonyl (C=O) groups is 1. The molecule has 1 amide bonds. The Morgan fingerprint density at radius 2 is 2.38 bits per heavy atom. The minimum absolute atomic E-state index is 0.0759. The van der Waals surface area contributed by atoms with Gasteiger partial charge >= 0.3 is 6.09 Å². The second kappa shape index (κ2) is 5.54. The highest BCUT2D eigenvalue weighted by Gasteiger charge is 2.02. The van der Waals surface area contributed by atoms with Crippen molar-refractivity contribution in [2.75, 3.05) is 6.54 Å². The summed E-state index contributed by atoms with van der Waals surface area (Å²) >= 11 is 0. The summed E-state index contributed by atoms with van der Waals surface area (Å²) in [5.74, 6) is -0.0759. The third-order valence-electron chi connectivity index (χ3n) is 1.88. The van der Waals surface area contributed by atoms with Gasteiger partial charge < -0.3 is 21.4 Å². The van der Waals surface area contributed by atoms with E-state index in [-0.39, 0.29) is 5.84 Å². The van der Waals surface area contributed by atoms with E-state index in [4.69, 9.17) is 16.0 Å². The Morgan fingerprint density at radius 3 is 3.00 bits per heavy atom. The van der Waals surface area contributed by atoms with Crippen LogP contribution in [0.2, 0.25) is 0 Å². The van der Waals surface area contributed by atoms with Gasteiger partial charge in [-0.1, -0.05) is 5.16 Å². The van der Waals surface area contributed by atoms with Crippen LogP contribution in [0.5, 0.6) is 0 Å². The molecule has 0 aliphatic carbocycles. The number of nitrogens with one attached hydrogen (secondary N) is 1. The van der Waals surface area contributed by atoms with E-state index in [1.54, 1.807) is 12.1 Å². The Bertz CT molecular complexity index is 405. The molecule has 1 rings (SSSR count). The minimum Gasteiger partial charge on any atom is -0.465 e. The number of pyridine rings is 1. The Labute approximate surface area is 91.6 Å². The Morgan fingerprint density at radius 1 is 1.62 bits per heavy atom. The number of hydrogen-bond acceptors (Lipinski definition) is 4. The second-order valence-electron chi connectivity index (χ2n) is 3.02. The molecule has 0 aliphatic rings. The molecule has 1 aromatic rings. The summed E-state index contributed by atoms with van der Waals surface area (Å²) in [6, 6.07) is 3.37. The number of oxime groups is 1. The fourth-order valence-electron chi connectivity index (χ4n) is 1.13. The van der Waals surface area contributed by atoms with Crippen molar-refractivity contribution in [1.29, 1.82) is 0 Å². The molecule has 1 aromatic heterocycles. The first-order valence-electron chi connectivity index (χ1n) is 4.53. The molecule has 0 spiro atoms. The molecule has 0 aliphatic heterocycles. The number of amides is 1. The molecule has 7 heteroatoms. The number of nitrogens with two attached hydrogens (primary N) is 1. The Kier molecular flexibility index (Phi) is 4.07. The molecule has 1 heterocycles. The van der Waals surface area contributed by atoms with Crippen molar-refractivity contribution in [3.63, 3.8) is 0 Å². The Hall–Kier alpha value is -2.31. The number of carboxylic acid groups (broad SMARTS) is 1. The third kappa shape index (κ3) is 3.45.